The monoisotopic (exact) mass is 435 g/mol. The van der Waals surface area contributed by atoms with Crippen LogP contribution in [0.2, 0.25) is 5.02 Å². The molecule has 1 aliphatic rings. The largest absolute Gasteiger partial charge is 0.493 e. The van der Waals surface area contributed by atoms with Gasteiger partial charge in [0.1, 0.15) is 0 Å². The van der Waals surface area contributed by atoms with Crippen LogP contribution in [-0.2, 0) is 9.59 Å². The maximum absolute atomic E-state index is 12.2. The Balaban J connectivity index is 1.56. The van der Waals surface area contributed by atoms with Crippen molar-refractivity contribution in [2.75, 3.05) is 19.5 Å². The smallest absolute Gasteiger partial charge is 0.269 e. The molecule has 3 rings (SSSR count). The summed E-state index contributed by atoms with van der Waals surface area (Å²) >= 11 is 7.19. The second kappa shape index (κ2) is 9.06. The fraction of sp³-hybridized carbons (Fsp3) is 0.211. The zero-order valence-electron chi connectivity index (χ0n) is 15.6. The number of thioether (sulfide) groups is 1. The molecule has 1 heterocycles. The van der Waals surface area contributed by atoms with Crippen molar-refractivity contribution in [2.24, 2.45) is 0 Å². The lowest BCUT2D eigenvalue weighted by Gasteiger charge is -2.23. The summed E-state index contributed by atoms with van der Waals surface area (Å²) in [4.78, 5) is 37.5. The summed E-state index contributed by atoms with van der Waals surface area (Å²) in [7, 11) is 2.95. The minimum atomic E-state index is -0.623. The molecule has 3 N–H and O–H groups in total. The standard InChI is InChI=1S/C19H18ClN3O5S/c1-27-13-5-3-10(7-14(13)28-2)18(25)23-22-17(24)9-16-19(26)21-12-8-11(20)4-6-15(12)29-16/h3-8,16H,9H2,1-2H3,(H,21,26)(H,22,24)(H,23,25). The van der Waals surface area contributed by atoms with Crippen molar-refractivity contribution in [1.82, 2.24) is 10.9 Å². The van der Waals surface area contributed by atoms with Gasteiger partial charge in [-0.2, -0.15) is 0 Å². The van der Waals surface area contributed by atoms with Crippen molar-refractivity contribution < 1.29 is 23.9 Å². The van der Waals surface area contributed by atoms with E-state index in [0.29, 0.717) is 22.2 Å². The molecule has 1 atom stereocenters. The van der Waals surface area contributed by atoms with Crippen LogP contribution in [0.4, 0.5) is 5.69 Å². The maximum atomic E-state index is 12.2. The van der Waals surface area contributed by atoms with E-state index in [4.69, 9.17) is 21.1 Å². The van der Waals surface area contributed by atoms with Gasteiger partial charge in [-0.1, -0.05) is 11.6 Å². The topological polar surface area (TPSA) is 106 Å². The lowest BCUT2D eigenvalue weighted by Crippen LogP contribution is -2.44. The van der Waals surface area contributed by atoms with Gasteiger partial charge in [0.2, 0.25) is 11.8 Å². The molecular weight excluding hydrogens is 418 g/mol. The Morgan fingerprint density at radius 3 is 2.59 bits per heavy atom. The van der Waals surface area contributed by atoms with Gasteiger partial charge in [-0.05, 0) is 36.4 Å². The van der Waals surface area contributed by atoms with Crippen molar-refractivity contribution in [1.29, 1.82) is 0 Å². The van der Waals surface area contributed by atoms with Crippen LogP contribution in [0.1, 0.15) is 16.8 Å². The van der Waals surface area contributed by atoms with Crippen LogP contribution in [0, 0.1) is 0 Å². The van der Waals surface area contributed by atoms with Gasteiger partial charge in [0.15, 0.2) is 11.5 Å². The van der Waals surface area contributed by atoms with Crippen LogP contribution in [-0.4, -0.2) is 37.2 Å². The van der Waals surface area contributed by atoms with Crippen molar-refractivity contribution in [3.05, 3.63) is 47.0 Å². The number of carbonyl (C=O) groups is 3. The van der Waals surface area contributed by atoms with Gasteiger partial charge in [0.25, 0.3) is 5.91 Å². The maximum Gasteiger partial charge on any atom is 0.269 e. The third-order valence-electron chi connectivity index (χ3n) is 4.09. The molecule has 0 aromatic heterocycles. The molecule has 0 saturated heterocycles. The molecule has 0 saturated carbocycles. The first-order valence-corrected chi connectivity index (χ1v) is 9.75. The second-order valence-electron chi connectivity index (χ2n) is 6.01. The number of benzene rings is 2. The zero-order valence-corrected chi connectivity index (χ0v) is 17.1. The first-order chi connectivity index (χ1) is 13.9. The van der Waals surface area contributed by atoms with E-state index in [0.717, 1.165) is 4.90 Å². The van der Waals surface area contributed by atoms with E-state index in [1.807, 2.05) is 0 Å². The molecule has 152 valence electrons. The van der Waals surface area contributed by atoms with E-state index in [9.17, 15) is 14.4 Å². The highest BCUT2D eigenvalue weighted by Crippen LogP contribution is 2.38. The molecule has 0 radical (unpaired) electrons. The quantitative estimate of drug-likeness (QED) is 0.623. The van der Waals surface area contributed by atoms with Gasteiger partial charge in [0, 0.05) is 21.9 Å². The van der Waals surface area contributed by atoms with Gasteiger partial charge in [0.05, 0.1) is 25.2 Å². The van der Waals surface area contributed by atoms with Crippen molar-refractivity contribution in [3.63, 3.8) is 0 Å². The molecule has 0 spiro atoms. The molecule has 0 bridgehead atoms. The summed E-state index contributed by atoms with van der Waals surface area (Å²) in [5, 5.41) is 2.62. The number of methoxy groups -OCH3 is 2. The minimum Gasteiger partial charge on any atom is -0.493 e. The van der Waals surface area contributed by atoms with E-state index in [2.05, 4.69) is 16.2 Å². The molecule has 0 aliphatic carbocycles. The number of ether oxygens (including phenoxy) is 2. The zero-order chi connectivity index (χ0) is 21.0. The first-order valence-electron chi connectivity index (χ1n) is 8.49. The predicted octanol–water partition coefficient (Wildman–Crippen LogP) is 2.62. The van der Waals surface area contributed by atoms with Crippen molar-refractivity contribution >= 4 is 46.8 Å². The van der Waals surface area contributed by atoms with Gasteiger partial charge >= 0.3 is 0 Å². The normalized spacial score (nSPS) is 15.0. The Hall–Kier alpha value is -2.91. The number of hydrogen-bond donors (Lipinski definition) is 3. The Kier molecular flexibility index (Phi) is 6.50. The highest BCUT2D eigenvalue weighted by Gasteiger charge is 2.29. The molecule has 10 heteroatoms. The summed E-state index contributed by atoms with van der Waals surface area (Å²) in [6, 6.07) is 9.77. The minimum absolute atomic E-state index is 0.106. The van der Waals surface area contributed by atoms with Crippen LogP contribution in [0.15, 0.2) is 41.3 Å². The summed E-state index contributed by atoms with van der Waals surface area (Å²) in [6.07, 6.45) is -0.106. The fourth-order valence-corrected chi connectivity index (χ4v) is 3.92. The van der Waals surface area contributed by atoms with Crippen molar-refractivity contribution in [3.8, 4) is 11.5 Å². The van der Waals surface area contributed by atoms with Crippen LogP contribution >= 0.6 is 23.4 Å². The number of hydrogen-bond acceptors (Lipinski definition) is 6. The van der Waals surface area contributed by atoms with E-state index >= 15 is 0 Å². The number of hydrazine groups is 1. The van der Waals surface area contributed by atoms with Crippen molar-refractivity contribution in [2.45, 2.75) is 16.6 Å². The molecule has 0 fully saturated rings. The molecule has 2 aromatic rings. The first kappa shape index (κ1) is 20.8. The summed E-state index contributed by atoms with van der Waals surface area (Å²) in [5.74, 6) is -0.453. The van der Waals surface area contributed by atoms with E-state index in [-0.39, 0.29) is 17.9 Å². The van der Waals surface area contributed by atoms with Gasteiger partial charge in [-0.3, -0.25) is 25.2 Å². The predicted molar refractivity (Wildman–Crippen MR) is 109 cm³/mol. The Labute approximate surface area is 176 Å². The third kappa shape index (κ3) is 4.93. The number of halogens is 1. The number of anilines is 1. The number of amides is 3. The SMILES string of the molecule is COc1ccc(C(=O)NNC(=O)CC2Sc3ccc(Cl)cc3NC2=O)cc1OC. The van der Waals surface area contributed by atoms with Crippen LogP contribution in [0.25, 0.3) is 0 Å². The molecule has 29 heavy (non-hydrogen) atoms. The summed E-state index contributed by atoms with van der Waals surface area (Å²) < 4.78 is 10.3. The molecular formula is C19H18ClN3O5S. The summed E-state index contributed by atoms with van der Waals surface area (Å²) in [5.41, 5.74) is 5.54. The molecule has 3 amide bonds. The molecule has 1 aliphatic heterocycles. The fourth-order valence-electron chi connectivity index (χ4n) is 2.65. The number of fused-ring (bicyclic) bond motifs is 1. The average molecular weight is 436 g/mol. The van der Waals surface area contributed by atoms with Crippen LogP contribution < -0.4 is 25.6 Å². The third-order valence-corrected chi connectivity index (χ3v) is 5.60. The second-order valence-corrected chi connectivity index (χ2v) is 7.69. The number of carbonyl (C=O) groups excluding carboxylic acids is 3. The lowest BCUT2D eigenvalue weighted by molar-refractivity contribution is -0.124. The summed E-state index contributed by atoms with van der Waals surface area (Å²) in [6.45, 7) is 0. The number of nitrogens with one attached hydrogen (secondary N) is 3. The van der Waals surface area contributed by atoms with Gasteiger partial charge in [-0.15, -0.1) is 11.8 Å². The highest BCUT2D eigenvalue weighted by molar-refractivity contribution is 8.01. The Bertz CT molecular complexity index is 969. The Morgan fingerprint density at radius 2 is 1.86 bits per heavy atom. The molecule has 1 unspecified atom stereocenters. The Morgan fingerprint density at radius 1 is 1.10 bits per heavy atom. The average Bonchev–Trinajstić information content (AvgIpc) is 2.72. The van der Waals surface area contributed by atoms with Gasteiger partial charge < -0.3 is 14.8 Å². The van der Waals surface area contributed by atoms with E-state index in [1.165, 1.54) is 38.1 Å². The van der Waals surface area contributed by atoms with E-state index < -0.39 is 17.1 Å². The molecule has 2 aromatic carbocycles. The van der Waals surface area contributed by atoms with Crippen LogP contribution in [0.5, 0.6) is 11.5 Å². The number of rotatable bonds is 5. The van der Waals surface area contributed by atoms with Crippen LogP contribution in [0.3, 0.4) is 0 Å². The van der Waals surface area contributed by atoms with E-state index in [1.54, 1.807) is 24.3 Å². The lowest BCUT2D eigenvalue weighted by atomic mass is 10.2. The van der Waals surface area contributed by atoms with Gasteiger partial charge in [-0.25, -0.2) is 0 Å². The molecule has 8 nitrogen and oxygen atoms in total. The highest BCUT2D eigenvalue weighted by atomic mass is 35.5.